The fourth-order valence-electron chi connectivity index (χ4n) is 2.73. The molecule has 0 spiro atoms. The fraction of sp³-hybridized carbons (Fsp3) is 0.467. The Balaban J connectivity index is 1.68. The predicted molar refractivity (Wildman–Crippen MR) is 75.0 cm³/mol. The second-order valence-corrected chi connectivity index (χ2v) is 5.41. The number of aliphatic hydroxyl groups is 1. The molecule has 0 aliphatic carbocycles. The number of ether oxygens (including phenoxy) is 1. The average molecular weight is 260 g/mol. The van der Waals surface area contributed by atoms with Gasteiger partial charge in [-0.15, -0.1) is 0 Å². The highest BCUT2D eigenvalue weighted by Crippen LogP contribution is 2.21. The lowest BCUT2D eigenvalue weighted by Gasteiger charge is -2.20. The third-order valence-corrected chi connectivity index (χ3v) is 3.83. The van der Waals surface area contributed by atoms with E-state index in [1.807, 2.05) is 0 Å². The molecule has 1 aromatic carbocycles. The van der Waals surface area contributed by atoms with Crippen molar-refractivity contribution < 1.29 is 9.84 Å². The highest BCUT2D eigenvalue weighted by molar-refractivity contribution is 5.83. The van der Waals surface area contributed by atoms with Crippen molar-refractivity contribution in [3.05, 3.63) is 36.0 Å². The molecular formula is C15H20N2O2. The largest absolute Gasteiger partial charge is 0.386 e. The molecule has 4 heteroatoms. The highest BCUT2D eigenvalue weighted by Gasteiger charge is 2.31. The van der Waals surface area contributed by atoms with Crippen molar-refractivity contribution in [3.8, 4) is 0 Å². The molecule has 1 fully saturated rings. The second-order valence-electron chi connectivity index (χ2n) is 5.41. The zero-order valence-electron chi connectivity index (χ0n) is 11.2. The third-order valence-electron chi connectivity index (χ3n) is 3.83. The number of aromatic nitrogens is 1. The van der Waals surface area contributed by atoms with Crippen molar-refractivity contribution in [1.29, 1.82) is 0 Å². The number of fused-ring (bicyclic) bond motifs is 1. The van der Waals surface area contributed by atoms with Crippen LogP contribution in [0.5, 0.6) is 0 Å². The lowest BCUT2D eigenvalue weighted by atomic mass is 10.0. The first-order valence-corrected chi connectivity index (χ1v) is 6.72. The van der Waals surface area contributed by atoms with Crippen LogP contribution in [0.3, 0.4) is 0 Å². The van der Waals surface area contributed by atoms with Crippen LogP contribution in [0.4, 0.5) is 0 Å². The van der Waals surface area contributed by atoms with Crippen LogP contribution in [-0.2, 0) is 18.3 Å². The molecule has 1 aromatic heterocycles. The van der Waals surface area contributed by atoms with Gasteiger partial charge in [0, 0.05) is 50.3 Å². The van der Waals surface area contributed by atoms with E-state index in [0.717, 1.165) is 13.0 Å². The fourth-order valence-corrected chi connectivity index (χ4v) is 2.73. The molecule has 0 bridgehead atoms. The van der Waals surface area contributed by atoms with Gasteiger partial charge >= 0.3 is 0 Å². The molecule has 1 saturated heterocycles. The minimum absolute atomic E-state index is 0.440. The Kier molecular flexibility index (Phi) is 3.31. The summed E-state index contributed by atoms with van der Waals surface area (Å²) in [6.45, 7) is 2.45. The van der Waals surface area contributed by atoms with Gasteiger partial charge in [-0.25, -0.2) is 0 Å². The second kappa shape index (κ2) is 4.96. The molecule has 0 amide bonds. The predicted octanol–water partition coefficient (Wildman–Crippen LogP) is 1.42. The van der Waals surface area contributed by atoms with Crippen LogP contribution in [0.2, 0.25) is 0 Å². The molecule has 1 aliphatic heterocycles. The van der Waals surface area contributed by atoms with Crippen LogP contribution in [0.15, 0.2) is 30.5 Å². The molecule has 0 saturated carbocycles. The number of rotatable bonds is 4. The summed E-state index contributed by atoms with van der Waals surface area (Å²) in [6.07, 6.45) is 2.86. The standard InChI is InChI=1S/C15H20N2O2/c1-17-9-12(13-4-2-3-5-14(13)17)8-16-10-15(18)6-7-19-11-15/h2-5,9,16,18H,6-8,10-11H2,1H3. The molecule has 3 rings (SSSR count). The Morgan fingerprint density at radius 3 is 3.05 bits per heavy atom. The highest BCUT2D eigenvalue weighted by atomic mass is 16.5. The maximum atomic E-state index is 10.2. The Bertz CT molecular complexity index is 571. The van der Waals surface area contributed by atoms with Gasteiger partial charge in [-0.1, -0.05) is 18.2 Å². The molecule has 4 nitrogen and oxygen atoms in total. The zero-order valence-corrected chi connectivity index (χ0v) is 11.2. The monoisotopic (exact) mass is 260 g/mol. The van der Waals surface area contributed by atoms with Gasteiger partial charge in [0.1, 0.15) is 5.60 Å². The van der Waals surface area contributed by atoms with Crippen molar-refractivity contribution in [2.24, 2.45) is 7.05 Å². The summed E-state index contributed by atoms with van der Waals surface area (Å²) in [5, 5.41) is 14.8. The van der Waals surface area contributed by atoms with Gasteiger partial charge in [-0.3, -0.25) is 0 Å². The van der Waals surface area contributed by atoms with Gasteiger partial charge in [0.25, 0.3) is 0 Å². The Morgan fingerprint density at radius 1 is 1.42 bits per heavy atom. The van der Waals surface area contributed by atoms with Crippen LogP contribution in [0.25, 0.3) is 10.9 Å². The SMILES string of the molecule is Cn1cc(CNCC2(O)CCOC2)c2ccccc21. The number of aryl methyl sites for hydroxylation is 1. The minimum atomic E-state index is -0.690. The minimum Gasteiger partial charge on any atom is -0.386 e. The van der Waals surface area contributed by atoms with Crippen LogP contribution in [0, 0.1) is 0 Å². The van der Waals surface area contributed by atoms with E-state index in [-0.39, 0.29) is 0 Å². The van der Waals surface area contributed by atoms with Crippen molar-refractivity contribution in [1.82, 2.24) is 9.88 Å². The molecule has 2 aromatic rings. The molecule has 1 atom stereocenters. The molecule has 102 valence electrons. The normalized spacial score (nSPS) is 23.3. The van der Waals surface area contributed by atoms with Crippen LogP contribution in [0.1, 0.15) is 12.0 Å². The summed E-state index contributed by atoms with van der Waals surface area (Å²) >= 11 is 0. The van der Waals surface area contributed by atoms with Crippen LogP contribution >= 0.6 is 0 Å². The number of hydrogen-bond donors (Lipinski definition) is 2. The lowest BCUT2D eigenvalue weighted by molar-refractivity contribution is 0.0269. The van der Waals surface area contributed by atoms with E-state index >= 15 is 0 Å². The maximum Gasteiger partial charge on any atom is 0.102 e. The molecule has 19 heavy (non-hydrogen) atoms. The maximum absolute atomic E-state index is 10.2. The van der Waals surface area contributed by atoms with E-state index in [0.29, 0.717) is 19.8 Å². The van der Waals surface area contributed by atoms with Crippen molar-refractivity contribution >= 4 is 10.9 Å². The van der Waals surface area contributed by atoms with Crippen LogP contribution < -0.4 is 5.32 Å². The Morgan fingerprint density at radius 2 is 2.26 bits per heavy atom. The summed E-state index contributed by atoms with van der Waals surface area (Å²) in [5.74, 6) is 0. The van der Waals surface area contributed by atoms with E-state index in [9.17, 15) is 5.11 Å². The average Bonchev–Trinajstić information content (AvgIpc) is 2.96. The molecule has 2 N–H and O–H groups in total. The molecule has 0 radical (unpaired) electrons. The summed E-state index contributed by atoms with van der Waals surface area (Å²) in [4.78, 5) is 0. The third kappa shape index (κ3) is 2.52. The molecule has 2 heterocycles. The van der Waals surface area contributed by atoms with E-state index in [2.05, 4.69) is 47.4 Å². The van der Waals surface area contributed by atoms with Gasteiger partial charge in [-0.05, 0) is 11.6 Å². The number of benzene rings is 1. The van der Waals surface area contributed by atoms with E-state index in [4.69, 9.17) is 4.74 Å². The summed E-state index contributed by atoms with van der Waals surface area (Å²) in [7, 11) is 2.06. The number of nitrogens with one attached hydrogen (secondary N) is 1. The van der Waals surface area contributed by atoms with Crippen molar-refractivity contribution in [3.63, 3.8) is 0 Å². The summed E-state index contributed by atoms with van der Waals surface area (Å²) in [5.41, 5.74) is 1.81. The van der Waals surface area contributed by atoms with E-state index in [1.165, 1.54) is 16.5 Å². The lowest BCUT2D eigenvalue weighted by Crippen LogP contribution is -2.40. The van der Waals surface area contributed by atoms with Gasteiger partial charge in [0.2, 0.25) is 0 Å². The smallest absolute Gasteiger partial charge is 0.102 e. The zero-order chi connectivity index (χ0) is 13.3. The van der Waals surface area contributed by atoms with Crippen molar-refractivity contribution in [2.75, 3.05) is 19.8 Å². The van der Waals surface area contributed by atoms with Crippen molar-refractivity contribution in [2.45, 2.75) is 18.6 Å². The van der Waals surface area contributed by atoms with Gasteiger partial charge in [0.15, 0.2) is 0 Å². The molecular weight excluding hydrogens is 240 g/mol. The van der Waals surface area contributed by atoms with Gasteiger partial charge < -0.3 is 19.7 Å². The van der Waals surface area contributed by atoms with Crippen LogP contribution in [-0.4, -0.2) is 35.0 Å². The summed E-state index contributed by atoms with van der Waals surface area (Å²) < 4.78 is 7.38. The topological polar surface area (TPSA) is 46.4 Å². The number of nitrogens with zero attached hydrogens (tertiary/aromatic N) is 1. The van der Waals surface area contributed by atoms with Gasteiger partial charge in [0.05, 0.1) is 6.61 Å². The first-order valence-electron chi connectivity index (χ1n) is 6.72. The summed E-state index contributed by atoms with van der Waals surface area (Å²) in [6, 6.07) is 8.37. The van der Waals surface area contributed by atoms with E-state index < -0.39 is 5.60 Å². The Hall–Kier alpha value is -1.36. The van der Waals surface area contributed by atoms with Gasteiger partial charge in [-0.2, -0.15) is 0 Å². The molecule has 1 aliphatic rings. The van der Waals surface area contributed by atoms with E-state index in [1.54, 1.807) is 0 Å². The molecule has 1 unspecified atom stereocenters. The number of hydrogen-bond acceptors (Lipinski definition) is 3. The quantitative estimate of drug-likeness (QED) is 0.874. The Labute approximate surface area is 113 Å². The first-order chi connectivity index (χ1) is 9.18. The number of para-hydroxylation sites is 1. The first kappa shape index (κ1) is 12.7.